The standard InChI is InChI=1S/C16H18N8O2/c1-21-14-12(9-20-21)15(26)24(11-19-14)10-13(25)22-5-7-23(8-6-22)16-17-3-2-4-18-16/h2-4,9,11H,5-8,10H2,1H3. The van der Waals surface area contributed by atoms with Crippen molar-refractivity contribution in [3.8, 4) is 0 Å². The second-order valence-corrected chi connectivity index (χ2v) is 6.10. The van der Waals surface area contributed by atoms with Crippen molar-refractivity contribution >= 4 is 22.9 Å². The number of carbonyl (C=O) groups excluding carboxylic acids is 1. The number of aryl methyl sites for hydroxylation is 1. The van der Waals surface area contributed by atoms with Gasteiger partial charge >= 0.3 is 0 Å². The summed E-state index contributed by atoms with van der Waals surface area (Å²) < 4.78 is 2.87. The number of anilines is 1. The zero-order valence-corrected chi connectivity index (χ0v) is 14.3. The molecule has 1 fully saturated rings. The smallest absolute Gasteiger partial charge is 0.264 e. The molecule has 26 heavy (non-hydrogen) atoms. The highest BCUT2D eigenvalue weighted by molar-refractivity contribution is 5.77. The third-order valence-corrected chi connectivity index (χ3v) is 4.49. The van der Waals surface area contributed by atoms with Crippen molar-refractivity contribution in [1.82, 2.24) is 34.2 Å². The summed E-state index contributed by atoms with van der Waals surface area (Å²) in [6.07, 6.45) is 6.28. The summed E-state index contributed by atoms with van der Waals surface area (Å²) in [6, 6.07) is 1.77. The lowest BCUT2D eigenvalue weighted by Crippen LogP contribution is -2.50. The van der Waals surface area contributed by atoms with E-state index in [4.69, 9.17) is 0 Å². The number of amides is 1. The van der Waals surface area contributed by atoms with Gasteiger partial charge in [0, 0.05) is 45.6 Å². The van der Waals surface area contributed by atoms with Gasteiger partial charge in [-0.2, -0.15) is 5.10 Å². The van der Waals surface area contributed by atoms with Crippen LogP contribution in [-0.4, -0.2) is 66.3 Å². The van der Waals surface area contributed by atoms with Crippen LogP contribution in [-0.2, 0) is 18.4 Å². The molecule has 0 atom stereocenters. The van der Waals surface area contributed by atoms with Gasteiger partial charge in [0.05, 0.1) is 6.20 Å². The highest BCUT2D eigenvalue weighted by atomic mass is 16.2. The lowest BCUT2D eigenvalue weighted by atomic mass is 10.3. The number of nitrogens with zero attached hydrogens (tertiary/aromatic N) is 8. The molecule has 0 aliphatic carbocycles. The van der Waals surface area contributed by atoms with Gasteiger partial charge in [-0.3, -0.25) is 18.8 Å². The molecular formula is C16H18N8O2. The second kappa shape index (κ2) is 6.54. The van der Waals surface area contributed by atoms with Gasteiger partial charge < -0.3 is 9.80 Å². The van der Waals surface area contributed by atoms with Crippen molar-refractivity contribution in [2.75, 3.05) is 31.1 Å². The van der Waals surface area contributed by atoms with E-state index in [-0.39, 0.29) is 18.0 Å². The Bertz CT molecular complexity index is 988. The van der Waals surface area contributed by atoms with Crippen molar-refractivity contribution in [1.29, 1.82) is 0 Å². The maximum absolute atomic E-state index is 12.6. The Kier molecular flexibility index (Phi) is 4.07. The van der Waals surface area contributed by atoms with Crippen LogP contribution < -0.4 is 10.5 Å². The van der Waals surface area contributed by atoms with Crippen LogP contribution in [0.4, 0.5) is 5.95 Å². The van der Waals surface area contributed by atoms with Crippen molar-refractivity contribution in [3.05, 3.63) is 41.3 Å². The third-order valence-electron chi connectivity index (χ3n) is 4.49. The Morgan fingerprint density at radius 2 is 1.85 bits per heavy atom. The molecule has 3 aromatic heterocycles. The second-order valence-electron chi connectivity index (χ2n) is 6.10. The number of hydrogen-bond acceptors (Lipinski definition) is 7. The van der Waals surface area contributed by atoms with Crippen LogP contribution in [0.25, 0.3) is 11.0 Å². The van der Waals surface area contributed by atoms with Crippen LogP contribution >= 0.6 is 0 Å². The van der Waals surface area contributed by atoms with Crippen LogP contribution in [0.3, 0.4) is 0 Å². The maximum Gasteiger partial charge on any atom is 0.264 e. The van der Waals surface area contributed by atoms with E-state index >= 15 is 0 Å². The van der Waals surface area contributed by atoms with E-state index in [1.165, 1.54) is 21.8 Å². The molecule has 10 nitrogen and oxygen atoms in total. The third kappa shape index (κ3) is 2.89. The molecule has 4 heterocycles. The summed E-state index contributed by atoms with van der Waals surface area (Å²) in [6.45, 7) is 2.41. The summed E-state index contributed by atoms with van der Waals surface area (Å²) >= 11 is 0. The Labute approximate surface area is 148 Å². The van der Waals surface area contributed by atoms with Crippen molar-refractivity contribution in [2.45, 2.75) is 6.54 Å². The van der Waals surface area contributed by atoms with E-state index < -0.39 is 0 Å². The fourth-order valence-corrected chi connectivity index (χ4v) is 3.04. The zero-order valence-electron chi connectivity index (χ0n) is 14.3. The fourth-order valence-electron chi connectivity index (χ4n) is 3.04. The molecule has 10 heteroatoms. The minimum absolute atomic E-state index is 0.0293. The molecule has 0 spiro atoms. The van der Waals surface area contributed by atoms with Gasteiger partial charge in [0.2, 0.25) is 11.9 Å². The van der Waals surface area contributed by atoms with Gasteiger partial charge in [0.1, 0.15) is 18.3 Å². The Balaban J connectivity index is 1.43. The molecule has 1 aliphatic rings. The molecule has 0 bridgehead atoms. The number of piperazine rings is 1. The average molecular weight is 354 g/mol. The number of fused-ring (bicyclic) bond motifs is 1. The number of aromatic nitrogens is 6. The molecule has 134 valence electrons. The van der Waals surface area contributed by atoms with E-state index in [0.717, 1.165) is 0 Å². The van der Waals surface area contributed by atoms with Gasteiger partial charge in [-0.15, -0.1) is 0 Å². The largest absolute Gasteiger partial charge is 0.338 e. The zero-order chi connectivity index (χ0) is 18.1. The van der Waals surface area contributed by atoms with Gasteiger partial charge in [-0.25, -0.2) is 15.0 Å². The lowest BCUT2D eigenvalue weighted by Gasteiger charge is -2.34. The highest BCUT2D eigenvalue weighted by Crippen LogP contribution is 2.10. The first-order chi connectivity index (χ1) is 12.6. The summed E-state index contributed by atoms with van der Waals surface area (Å²) in [4.78, 5) is 41.5. The van der Waals surface area contributed by atoms with Gasteiger partial charge in [-0.05, 0) is 6.07 Å². The number of carbonyl (C=O) groups is 1. The molecule has 1 saturated heterocycles. The molecule has 1 aliphatic heterocycles. The SMILES string of the molecule is Cn1ncc2c(=O)n(CC(=O)N3CCN(c4ncccn4)CC3)cnc21. The summed E-state index contributed by atoms with van der Waals surface area (Å²) in [7, 11) is 1.72. The van der Waals surface area contributed by atoms with Crippen molar-refractivity contribution in [3.63, 3.8) is 0 Å². The minimum atomic E-state index is -0.257. The molecule has 1 amide bonds. The van der Waals surface area contributed by atoms with Crippen molar-refractivity contribution < 1.29 is 4.79 Å². The Hall–Kier alpha value is -3.30. The Morgan fingerprint density at radius 3 is 2.58 bits per heavy atom. The van der Waals surface area contributed by atoms with E-state index in [2.05, 4.69) is 20.1 Å². The van der Waals surface area contributed by atoms with Crippen LogP contribution in [0.1, 0.15) is 0 Å². The van der Waals surface area contributed by atoms with Crippen LogP contribution in [0.5, 0.6) is 0 Å². The lowest BCUT2D eigenvalue weighted by molar-refractivity contribution is -0.132. The molecule has 0 saturated carbocycles. The molecule has 0 unspecified atom stereocenters. The monoisotopic (exact) mass is 354 g/mol. The topological polar surface area (TPSA) is 102 Å². The molecular weight excluding hydrogens is 336 g/mol. The first kappa shape index (κ1) is 16.2. The first-order valence-electron chi connectivity index (χ1n) is 8.30. The predicted octanol–water partition coefficient (Wildman–Crippen LogP) is -0.731. The molecule has 4 rings (SSSR count). The minimum Gasteiger partial charge on any atom is -0.338 e. The molecule has 0 N–H and O–H groups in total. The molecule has 0 aromatic carbocycles. The Morgan fingerprint density at radius 1 is 1.12 bits per heavy atom. The van der Waals surface area contributed by atoms with Gasteiger partial charge in [0.25, 0.3) is 5.56 Å². The normalized spacial score (nSPS) is 14.8. The summed E-state index contributed by atoms with van der Waals surface area (Å²) in [5, 5.41) is 4.44. The van der Waals surface area contributed by atoms with Crippen LogP contribution in [0, 0.1) is 0 Å². The number of hydrogen-bond donors (Lipinski definition) is 0. The first-order valence-corrected chi connectivity index (χ1v) is 8.30. The van der Waals surface area contributed by atoms with E-state index in [1.807, 2.05) is 4.90 Å². The quantitative estimate of drug-likeness (QED) is 0.611. The van der Waals surface area contributed by atoms with Gasteiger partial charge in [-0.1, -0.05) is 0 Å². The molecule has 0 radical (unpaired) electrons. The fraction of sp³-hybridized carbons (Fsp3) is 0.375. The van der Waals surface area contributed by atoms with E-state index in [9.17, 15) is 9.59 Å². The van der Waals surface area contributed by atoms with E-state index in [1.54, 1.807) is 30.4 Å². The highest BCUT2D eigenvalue weighted by Gasteiger charge is 2.23. The summed E-state index contributed by atoms with van der Waals surface area (Å²) in [5.74, 6) is 0.563. The molecule has 3 aromatic rings. The van der Waals surface area contributed by atoms with Crippen LogP contribution in [0.2, 0.25) is 0 Å². The van der Waals surface area contributed by atoms with Gasteiger partial charge in [0.15, 0.2) is 5.65 Å². The number of rotatable bonds is 3. The van der Waals surface area contributed by atoms with Crippen molar-refractivity contribution in [2.24, 2.45) is 7.05 Å². The maximum atomic E-state index is 12.6. The summed E-state index contributed by atoms with van der Waals surface area (Å²) in [5.41, 5.74) is 0.253. The average Bonchev–Trinajstić information content (AvgIpc) is 3.06. The van der Waals surface area contributed by atoms with E-state index in [0.29, 0.717) is 43.2 Å². The van der Waals surface area contributed by atoms with Crippen LogP contribution in [0.15, 0.2) is 35.8 Å². The predicted molar refractivity (Wildman–Crippen MR) is 93.6 cm³/mol.